The SMILES string of the molecule is O=P(OCCC(F)(F)C(F)(F)C(F)(F)C(F)(F)C(F)(F)C(F)(F)C(F)(F)C(F)(F)F)(OCCC(F)(F)C(F)(F)C(F)(F)C(F)(F)C(F)(F)C(F)(F)C(F)(F)C(F)(F)F)N1CCOCC1. The first-order valence-electron chi connectivity index (χ1n) is 15.2. The van der Waals surface area contributed by atoms with E-state index in [-0.39, 0.29) is 4.67 Å². The van der Waals surface area contributed by atoms with Crippen molar-refractivity contribution in [3.05, 3.63) is 0 Å². The minimum absolute atomic E-state index is 0.151. The second-order valence-corrected chi connectivity index (χ2v) is 14.5. The first-order valence-corrected chi connectivity index (χ1v) is 16.7. The molecule has 1 saturated heterocycles. The fourth-order valence-electron chi connectivity index (χ4n) is 4.28. The van der Waals surface area contributed by atoms with Crippen LogP contribution in [0.2, 0.25) is 0 Å². The summed E-state index contributed by atoms with van der Waals surface area (Å²) in [5, 5.41) is 0. The Hall–Kier alpha value is -2.31. The highest BCUT2D eigenvalue weighted by Gasteiger charge is 2.97. The van der Waals surface area contributed by atoms with Gasteiger partial charge in [-0.3, -0.25) is 9.05 Å². The fourth-order valence-corrected chi connectivity index (χ4v) is 5.98. The van der Waals surface area contributed by atoms with Crippen LogP contribution in [-0.4, -0.2) is 139 Å². The lowest BCUT2D eigenvalue weighted by Crippen LogP contribution is -2.74. The normalized spacial score (nSPS) is 18.2. The second-order valence-electron chi connectivity index (χ2n) is 12.5. The topological polar surface area (TPSA) is 48.0 Å². The third-order valence-corrected chi connectivity index (χ3v) is 10.4. The Morgan fingerprint density at radius 2 is 0.547 bits per heavy atom. The van der Waals surface area contributed by atoms with Crippen molar-refractivity contribution in [1.29, 1.82) is 0 Å². The largest absolute Gasteiger partial charge is 0.460 e. The number of halogens is 34. The summed E-state index contributed by atoms with van der Waals surface area (Å²) >= 11 is 0. The average Bonchev–Trinajstić information content (AvgIpc) is 3.09. The summed E-state index contributed by atoms with van der Waals surface area (Å²) in [5.41, 5.74) is 0. The highest BCUT2D eigenvalue weighted by atomic mass is 31.2. The molecule has 1 aliphatic heterocycles. The van der Waals surface area contributed by atoms with Crippen LogP contribution in [0.25, 0.3) is 0 Å². The summed E-state index contributed by atoms with van der Waals surface area (Å²) < 4.78 is 484. The fraction of sp³-hybridized carbons (Fsp3) is 1.00. The van der Waals surface area contributed by atoms with Gasteiger partial charge in [-0.2, -0.15) is 149 Å². The highest BCUT2D eigenvalue weighted by Crippen LogP contribution is 2.67. The number of alkyl halides is 34. The number of hydrogen-bond donors (Lipinski definition) is 0. The first-order chi connectivity index (χ1) is 27.5. The molecule has 64 heavy (non-hydrogen) atoms. The Kier molecular flexibility index (Phi) is 15.6. The summed E-state index contributed by atoms with van der Waals surface area (Å²) in [6.45, 7) is -9.91. The number of morpholine rings is 1. The first kappa shape index (κ1) is 59.7. The number of nitrogens with zero attached hydrogens (tertiary/aromatic N) is 1. The van der Waals surface area contributed by atoms with Gasteiger partial charge >= 0.3 is 103 Å². The van der Waals surface area contributed by atoms with Gasteiger partial charge in [0.2, 0.25) is 0 Å². The van der Waals surface area contributed by atoms with E-state index < -0.39 is 155 Å². The summed E-state index contributed by atoms with van der Waals surface area (Å²) in [6.07, 6.45) is -23.4. The molecule has 0 amide bonds. The molecule has 0 saturated carbocycles. The quantitative estimate of drug-likeness (QED) is 0.0847. The van der Waals surface area contributed by atoms with Crippen LogP contribution in [0.15, 0.2) is 0 Å². The Morgan fingerprint density at radius 1 is 0.344 bits per heavy atom. The van der Waals surface area contributed by atoms with Gasteiger partial charge in [-0.05, 0) is 0 Å². The molecule has 1 rings (SSSR count). The van der Waals surface area contributed by atoms with Gasteiger partial charge in [-0.1, -0.05) is 0 Å². The van der Waals surface area contributed by atoms with Crippen LogP contribution in [0, 0.1) is 0 Å². The van der Waals surface area contributed by atoms with E-state index in [2.05, 4.69) is 13.8 Å². The molecule has 0 aromatic carbocycles. The van der Waals surface area contributed by atoms with E-state index in [0.717, 1.165) is 0 Å². The van der Waals surface area contributed by atoms with Crippen LogP contribution in [0.1, 0.15) is 12.8 Å². The zero-order chi connectivity index (χ0) is 51.9. The van der Waals surface area contributed by atoms with Crippen molar-refractivity contribution in [2.45, 2.75) is 108 Å². The maximum Gasteiger partial charge on any atom is 0.460 e. The molecule has 0 spiro atoms. The molecule has 1 fully saturated rings. The lowest BCUT2D eigenvalue weighted by molar-refractivity contribution is -0.461. The molecular weight excluding hydrogens is 1040 g/mol. The van der Waals surface area contributed by atoms with Gasteiger partial charge in [0, 0.05) is 25.9 Å². The maximum atomic E-state index is 14.3. The van der Waals surface area contributed by atoms with Crippen LogP contribution in [0.5, 0.6) is 0 Å². The smallest absolute Gasteiger partial charge is 0.379 e. The van der Waals surface area contributed by atoms with E-state index in [4.69, 9.17) is 0 Å². The van der Waals surface area contributed by atoms with Crippen LogP contribution in [0.4, 0.5) is 149 Å². The molecule has 0 N–H and O–H groups in total. The molecule has 384 valence electrons. The van der Waals surface area contributed by atoms with Crippen molar-refractivity contribution in [3.63, 3.8) is 0 Å². The van der Waals surface area contributed by atoms with Crippen molar-refractivity contribution in [2.75, 3.05) is 39.5 Å². The molecule has 0 unspecified atom stereocenters. The second kappa shape index (κ2) is 16.7. The Balaban J connectivity index is 3.53. The van der Waals surface area contributed by atoms with Gasteiger partial charge in [0.05, 0.1) is 26.4 Å². The van der Waals surface area contributed by atoms with Crippen LogP contribution < -0.4 is 0 Å². The van der Waals surface area contributed by atoms with Crippen molar-refractivity contribution < 1.29 is 168 Å². The molecule has 40 heteroatoms. The summed E-state index contributed by atoms with van der Waals surface area (Å²) in [5.74, 6) is -120. The van der Waals surface area contributed by atoms with Crippen molar-refractivity contribution >= 4 is 7.75 Å². The van der Waals surface area contributed by atoms with E-state index in [1.165, 1.54) is 0 Å². The molecule has 1 aliphatic rings. The average molecular weight is 1060 g/mol. The molecule has 0 bridgehead atoms. The molecule has 0 aromatic rings. The van der Waals surface area contributed by atoms with Crippen LogP contribution in [-0.2, 0) is 18.3 Å². The molecular formula is C24H16F34NO4P. The summed E-state index contributed by atoms with van der Waals surface area (Å²) in [7, 11) is -6.28. The number of rotatable bonds is 21. The van der Waals surface area contributed by atoms with E-state index >= 15 is 0 Å². The van der Waals surface area contributed by atoms with E-state index in [9.17, 15) is 154 Å². The van der Waals surface area contributed by atoms with E-state index in [0.29, 0.717) is 0 Å². The number of hydrogen-bond acceptors (Lipinski definition) is 4. The zero-order valence-corrected chi connectivity index (χ0v) is 29.9. The highest BCUT2D eigenvalue weighted by molar-refractivity contribution is 7.51. The lowest BCUT2D eigenvalue weighted by Gasteiger charge is -2.43. The van der Waals surface area contributed by atoms with Crippen LogP contribution in [0.3, 0.4) is 0 Å². The Morgan fingerprint density at radius 3 is 0.766 bits per heavy atom. The van der Waals surface area contributed by atoms with Crippen LogP contribution >= 0.6 is 7.75 Å². The predicted octanol–water partition coefficient (Wildman–Crippen LogP) is 12.3. The lowest BCUT2D eigenvalue weighted by atomic mass is 9.88. The molecule has 1 heterocycles. The zero-order valence-electron chi connectivity index (χ0n) is 29.0. The third kappa shape index (κ3) is 8.70. The molecule has 0 aliphatic carbocycles. The molecule has 0 aromatic heterocycles. The number of ether oxygens (including phenoxy) is 1. The van der Waals surface area contributed by atoms with Crippen molar-refractivity contribution in [3.8, 4) is 0 Å². The van der Waals surface area contributed by atoms with E-state index in [1.807, 2.05) is 0 Å². The van der Waals surface area contributed by atoms with E-state index in [1.54, 1.807) is 0 Å². The standard InChI is InChI=1S/C24H16F34NO4P/c25-9(26,11(29,30)13(33,34)15(37,38)17(41,42)19(45,46)21(49,50)23(53,54)55)1-5-62-64(60,59-3-7-61-8-4-59)63-6-2-10(27,28)12(31,32)14(35,36)16(39,40)18(43,44)20(47,48)22(51,52)24(56,57)58/h1-8H2. The molecule has 0 atom stereocenters. The van der Waals surface area contributed by atoms with Gasteiger partial charge in [0.15, 0.2) is 0 Å². The van der Waals surface area contributed by atoms with Gasteiger partial charge in [0.1, 0.15) is 0 Å². The van der Waals surface area contributed by atoms with Gasteiger partial charge < -0.3 is 4.74 Å². The van der Waals surface area contributed by atoms with Crippen molar-refractivity contribution in [2.24, 2.45) is 0 Å². The summed E-state index contributed by atoms with van der Waals surface area (Å²) in [6, 6.07) is 0. The maximum absolute atomic E-state index is 14.3. The Labute approximate surface area is 328 Å². The van der Waals surface area contributed by atoms with Crippen molar-refractivity contribution in [1.82, 2.24) is 4.67 Å². The molecule has 5 nitrogen and oxygen atoms in total. The molecule has 0 radical (unpaired) electrons. The minimum atomic E-state index is -9.09. The Bertz CT molecular complexity index is 1560. The predicted molar refractivity (Wildman–Crippen MR) is 133 cm³/mol. The van der Waals surface area contributed by atoms with Gasteiger partial charge in [0.25, 0.3) is 0 Å². The van der Waals surface area contributed by atoms with Gasteiger partial charge in [-0.15, -0.1) is 0 Å². The monoisotopic (exact) mass is 1060 g/mol. The minimum Gasteiger partial charge on any atom is -0.379 e. The third-order valence-electron chi connectivity index (χ3n) is 8.25. The van der Waals surface area contributed by atoms with Gasteiger partial charge in [-0.25, -0.2) is 9.24 Å². The summed E-state index contributed by atoms with van der Waals surface area (Å²) in [4.78, 5) is 0.